The van der Waals surface area contributed by atoms with Crippen LogP contribution in [0.15, 0.2) is 34.3 Å². The highest BCUT2D eigenvalue weighted by atomic mass is 35.5. The minimum absolute atomic E-state index is 0.00906. The number of fused-ring (bicyclic) bond motifs is 4. The molecule has 5 rings (SSSR count). The van der Waals surface area contributed by atoms with E-state index in [-0.39, 0.29) is 21.6 Å². The molecule has 0 amide bonds. The largest absolute Gasteiger partial charge is 0.334 e. The van der Waals surface area contributed by atoms with E-state index in [4.69, 9.17) is 32.7 Å². The van der Waals surface area contributed by atoms with Crippen LogP contribution in [0.3, 0.4) is 0 Å². The van der Waals surface area contributed by atoms with Crippen LogP contribution in [0.25, 0.3) is 0 Å². The second-order valence-corrected chi connectivity index (χ2v) is 8.25. The molecule has 1 unspecified atom stereocenters. The van der Waals surface area contributed by atoms with Gasteiger partial charge < -0.3 is 9.47 Å². The van der Waals surface area contributed by atoms with Gasteiger partial charge in [0, 0.05) is 17.5 Å². The number of rotatable bonds is 0. The fraction of sp³-hybridized carbons (Fsp3) is 0.474. The lowest BCUT2D eigenvalue weighted by Gasteiger charge is -2.49. The van der Waals surface area contributed by atoms with Gasteiger partial charge >= 0.3 is 0 Å². The van der Waals surface area contributed by atoms with Gasteiger partial charge in [-0.3, -0.25) is 9.59 Å². The van der Waals surface area contributed by atoms with Crippen molar-refractivity contribution in [3.8, 4) is 0 Å². The maximum absolute atomic E-state index is 13.3. The average molecular weight is 379 g/mol. The number of ketones is 2. The minimum Gasteiger partial charge on any atom is -0.334 e. The molecule has 1 aromatic rings. The third-order valence-corrected chi connectivity index (χ3v) is 7.28. The second kappa shape index (κ2) is 4.74. The highest BCUT2D eigenvalue weighted by molar-refractivity contribution is 6.51. The molecule has 2 aliphatic heterocycles. The van der Waals surface area contributed by atoms with E-state index in [9.17, 15) is 9.59 Å². The third-order valence-electron chi connectivity index (χ3n) is 6.35. The van der Waals surface area contributed by atoms with Crippen LogP contribution >= 0.6 is 23.2 Å². The third kappa shape index (κ3) is 1.59. The van der Waals surface area contributed by atoms with Crippen LogP contribution in [0.2, 0.25) is 0 Å². The first-order valence-electron chi connectivity index (χ1n) is 8.50. The Labute approximate surface area is 155 Å². The Kier molecular flexibility index (Phi) is 3.04. The number of carbonyl (C=O) groups excluding carboxylic acids is 2. The van der Waals surface area contributed by atoms with Crippen LogP contribution in [0.1, 0.15) is 48.5 Å². The van der Waals surface area contributed by atoms with Crippen molar-refractivity contribution in [2.45, 2.75) is 50.1 Å². The smallest absolute Gasteiger partial charge is 0.206 e. The zero-order valence-corrected chi connectivity index (χ0v) is 15.1. The quantitative estimate of drug-likeness (QED) is 0.683. The Morgan fingerprint density at radius 1 is 1.12 bits per heavy atom. The lowest BCUT2D eigenvalue weighted by atomic mass is 9.64. The first-order valence-corrected chi connectivity index (χ1v) is 9.25. The summed E-state index contributed by atoms with van der Waals surface area (Å²) in [5.74, 6) is -1.36. The van der Waals surface area contributed by atoms with Gasteiger partial charge in [0.25, 0.3) is 0 Å². The maximum atomic E-state index is 13.3. The van der Waals surface area contributed by atoms with E-state index in [2.05, 4.69) is 0 Å². The average Bonchev–Trinajstić information content (AvgIpc) is 3.08. The molecule has 4 aliphatic rings. The number of hydrogen-bond acceptors (Lipinski definition) is 4. The molecule has 4 nitrogen and oxygen atoms in total. The zero-order chi connectivity index (χ0) is 17.6. The van der Waals surface area contributed by atoms with Gasteiger partial charge in [0.2, 0.25) is 5.78 Å². The van der Waals surface area contributed by atoms with Crippen LogP contribution in [0.4, 0.5) is 0 Å². The first kappa shape index (κ1) is 16.0. The van der Waals surface area contributed by atoms with Gasteiger partial charge in [-0.25, -0.2) is 0 Å². The van der Waals surface area contributed by atoms with Crippen molar-refractivity contribution in [2.75, 3.05) is 0 Å². The summed E-state index contributed by atoms with van der Waals surface area (Å²) in [6.07, 6.45) is 2.36. The summed E-state index contributed by atoms with van der Waals surface area (Å²) in [5, 5.41) is -0.0426. The van der Waals surface area contributed by atoms with E-state index in [1.165, 1.54) is 0 Å². The summed E-state index contributed by atoms with van der Waals surface area (Å²) in [7, 11) is 0. The Morgan fingerprint density at radius 2 is 1.84 bits per heavy atom. The van der Waals surface area contributed by atoms with E-state index in [0.717, 1.165) is 19.3 Å². The molecule has 130 valence electrons. The number of halogens is 2. The molecular formula is C19H16Cl2O4. The molecule has 0 N–H and O–H groups in total. The number of allylic oxidation sites excluding steroid dienone is 1. The van der Waals surface area contributed by atoms with Crippen molar-refractivity contribution in [2.24, 2.45) is 5.41 Å². The predicted molar refractivity (Wildman–Crippen MR) is 91.5 cm³/mol. The van der Waals surface area contributed by atoms with Crippen LogP contribution < -0.4 is 0 Å². The van der Waals surface area contributed by atoms with Gasteiger partial charge in [-0.1, -0.05) is 53.9 Å². The molecule has 0 aromatic heterocycles. The highest BCUT2D eigenvalue weighted by Crippen LogP contribution is 2.67. The molecule has 6 heteroatoms. The number of ether oxygens (including phenoxy) is 2. The molecule has 2 heterocycles. The topological polar surface area (TPSA) is 52.6 Å². The molecule has 1 saturated carbocycles. The van der Waals surface area contributed by atoms with Gasteiger partial charge in [0.1, 0.15) is 5.03 Å². The second-order valence-electron chi connectivity index (χ2n) is 7.49. The van der Waals surface area contributed by atoms with Crippen molar-refractivity contribution < 1.29 is 19.1 Å². The summed E-state index contributed by atoms with van der Waals surface area (Å²) in [6, 6.07) is 7.01. The van der Waals surface area contributed by atoms with Crippen molar-refractivity contribution >= 4 is 34.8 Å². The molecule has 2 saturated heterocycles. The molecule has 2 aliphatic carbocycles. The molecule has 1 aromatic carbocycles. The number of carbonyl (C=O) groups is 2. The van der Waals surface area contributed by atoms with Crippen LogP contribution in [0, 0.1) is 5.41 Å². The molecule has 0 radical (unpaired) electrons. The van der Waals surface area contributed by atoms with Gasteiger partial charge in [0.05, 0.1) is 10.4 Å². The van der Waals surface area contributed by atoms with E-state index in [0.29, 0.717) is 17.5 Å². The van der Waals surface area contributed by atoms with Crippen LogP contribution in [-0.4, -0.2) is 23.5 Å². The van der Waals surface area contributed by atoms with Crippen LogP contribution in [-0.2, 0) is 19.9 Å². The SMILES string of the molecule is C[C@]12CCCC[C@@]13O[C@@H](C2=O)C1(O3)C(Cl)=C(Cl)C(=O)c2ccccc21. The molecule has 2 spiro atoms. The lowest BCUT2D eigenvalue weighted by molar-refractivity contribution is -0.247. The fourth-order valence-electron chi connectivity index (χ4n) is 4.96. The highest BCUT2D eigenvalue weighted by Gasteiger charge is 2.78. The van der Waals surface area contributed by atoms with Crippen molar-refractivity contribution in [3.63, 3.8) is 0 Å². The van der Waals surface area contributed by atoms with Gasteiger partial charge in [-0.2, -0.15) is 0 Å². The molecule has 4 atom stereocenters. The normalized spacial score (nSPS) is 42.1. The van der Waals surface area contributed by atoms with Gasteiger partial charge in [-0.15, -0.1) is 0 Å². The van der Waals surface area contributed by atoms with E-state index in [1.807, 2.05) is 6.92 Å². The molecule has 2 bridgehead atoms. The monoisotopic (exact) mass is 378 g/mol. The van der Waals surface area contributed by atoms with Crippen molar-refractivity contribution in [1.82, 2.24) is 0 Å². The Morgan fingerprint density at radius 3 is 2.64 bits per heavy atom. The molecular weight excluding hydrogens is 363 g/mol. The first-order chi connectivity index (χ1) is 11.9. The predicted octanol–water partition coefficient (Wildman–Crippen LogP) is 4.04. The molecule has 3 fully saturated rings. The summed E-state index contributed by atoms with van der Waals surface area (Å²) < 4.78 is 12.8. The number of Topliss-reactive ketones (excluding diaryl/α,β-unsaturated/α-hetero) is 2. The standard InChI is InChI=1S/C19H16Cl2O4/c1-17-8-4-5-9-18(17)24-16(15(17)23)19(25-18)11-7-3-2-6-10(11)13(22)12(20)14(19)21/h2-3,6-7,16H,4-5,8-9H2,1H3/t16-,17+,18-,19?/m0/s1. The van der Waals surface area contributed by atoms with E-state index in [1.54, 1.807) is 24.3 Å². The van der Waals surface area contributed by atoms with Crippen LogP contribution in [0.5, 0.6) is 0 Å². The number of hydrogen-bond donors (Lipinski definition) is 0. The number of benzene rings is 1. The van der Waals surface area contributed by atoms with Gasteiger partial charge in [0.15, 0.2) is 23.3 Å². The van der Waals surface area contributed by atoms with E-state index < -0.39 is 22.9 Å². The Balaban J connectivity index is 1.78. The Bertz CT molecular complexity index is 878. The summed E-state index contributed by atoms with van der Waals surface area (Å²) in [6.45, 7) is 1.92. The van der Waals surface area contributed by atoms with Crippen molar-refractivity contribution in [3.05, 3.63) is 45.5 Å². The molecule has 25 heavy (non-hydrogen) atoms. The summed E-state index contributed by atoms with van der Waals surface area (Å²) >= 11 is 12.8. The Hall–Kier alpha value is -1.20. The van der Waals surface area contributed by atoms with E-state index >= 15 is 0 Å². The zero-order valence-electron chi connectivity index (χ0n) is 13.6. The maximum Gasteiger partial charge on any atom is 0.206 e. The minimum atomic E-state index is -1.32. The summed E-state index contributed by atoms with van der Waals surface area (Å²) in [5.41, 5.74) is -1.02. The van der Waals surface area contributed by atoms with Crippen molar-refractivity contribution in [1.29, 1.82) is 0 Å². The fourth-order valence-corrected chi connectivity index (χ4v) is 5.53. The summed E-state index contributed by atoms with van der Waals surface area (Å²) in [4.78, 5) is 25.9. The lowest BCUT2D eigenvalue weighted by Crippen LogP contribution is -2.59. The van der Waals surface area contributed by atoms with Gasteiger partial charge in [-0.05, 0) is 19.8 Å².